The first-order valence-corrected chi connectivity index (χ1v) is 6.35. The summed E-state index contributed by atoms with van der Waals surface area (Å²) < 4.78 is 0. The highest BCUT2D eigenvalue weighted by molar-refractivity contribution is 5.90. The zero-order chi connectivity index (χ0) is 13.3. The Balaban J connectivity index is 2.45. The van der Waals surface area contributed by atoms with Crippen molar-refractivity contribution in [2.24, 2.45) is 5.73 Å². The van der Waals surface area contributed by atoms with Crippen LogP contribution in [0.5, 0.6) is 0 Å². The normalized spacial score (nSPS) is 20.4. The van der Waals surface area contributed by atoms with Crippen LogP contribution in [0.15, 0.2) is 24.3 Å². The second-order valence-electron chi connectivity index (χ2n) is 5.31. The molecule has 1 heterocycles. The highest BCUT2D eigenvalue weighted by Crippen LogP contribution is 2.31. The van der Waals surface area contributed by atoms with Crippen LogP contribution in [-0.4, -0.2) is 24.5 Å². The van der Waals surface area contributed by atoms with Gasteiger partial charge in [0.1, 0.15) is 5.54 Å². The van der Waals surface area contributed by atoms with E-state index in [1.807, 2.05) is 45.0 Å². The van der Waals surface area contributed by atoms with Crippen LogP contribution in [0.1, 0.15) is 32.4 Å². The molecule has 0 aromatic heterocycles. The summed E-state index contributed by atoms with van der Waals surface area (Å²) in [5, 5.41) is 2.91. The summed E-state index contributed by atoms with van der Waals surface area (Å²) in [5.41, 5.74) is 7.62. The van der Waals surface area contributed by atoms with E-state index in [-0.39, 0.29) is 11.9 Å². The molecule has 1 aromatic carbocycles. The van der Waals surface area contributed by atoms with Crippen molar-refractivity contribution in [3.63, 3.8) is 0 Å². The predicted molar refractivity (Wildman–Crippen MR) is 73.5 cm³/mol. The molecule has 1 unspecified atom stereocenters. The first kappa shape index (κ1) is 12.9. The van der Waals surface area contributed by atoms with Gasteiger partial charge in [0.15, 0.2) is 0 Å². The molecule has 2 rings (SSSR count). The van der Waals surface area contributed by atoms with E-state index in [0.29, 0.717) is 6.54 Å². The molecule has 0 radical (unpaired) electrons. The van der Waals surface area contributed by atoms with Gasteiger partial charge in [-0.05, 0) is 32.4 Å². The van der Waals surface area contributed by atoms with Crippen molar-refractivity contribution in [2.45, 2.75) is 32.4 Å². The average Bonchev–Trinajstić information content (AvgIpc) is 2.32. The minimum absolute atomic E-state index is 0.0398. The number of hydrogen-bond acceptors (Lipinski definition) is 3. The van der Waals surface area contributed by atoms with Gasteiger partial charge in [0.2, 0.25) is 5.91 Å². The van der Waals surface area contributed by atoms with Crippen LogP contribution in [0, 0.1) is 0 Å². The first-order chi connectivity index (χ1) is 8.44. The number of piperazine rings is 1. The Hall–Kier alpha value is -1.55. The van der Waals surface area contributed by atoms with Crippen molar-refractivity contribution in [1.82, 2.24) is 5.32 Å². The fourth-order valence-corrected chi connectivity index (χ4v) is 2.44. The van der Waals surface area contributed by atoms with Crippen LogP contribution in [0.3, 0.4) is 0 Å². The van der Waals surface area contributed by atoms with Crippen molar-refractivity contribution < 1.29 is 4.79 Å². The number of carbonyl (C=O) groups excluding carboxylic acids is 1. The highest BCUT2D eigenvalue weighted by Gasteiger charge is 2.38. The third-order valence-electron chi connectivity index (χ3n) is 3.57. The minimum Gasteiger partial charge on any atom is -0.355 e. The lowest BCUT2D eigenvalue weighted by molar-refractivity contribution is -0.126. The molecule has 1 aliphatic heterocycles. The molecule has 4 nitrogen and oxygen atoms in total. The van der Waals surface area contributed by atoms with Gasteiger partial charge < -0.3 is 16.0 Å². The average molecular weight is 247 g/mol. The molecule has 1 aliphatic rings. The Morgan fingerprint density at radius 2 is 2.06 bits per heavy atom. The number of nitrogens with zero attached hydrogens (tertiary/aromatic N) is 1. The molecule has 98 valence electrons. The number of benzene rings is 1. The lowest BCUT2D eigenvalue weighted by Gasteiger charge is -2.44. The SMILES string of the molecule is CC(N)c1ccccc1N1CCNC(=O)C1(C)C. The lowest BCUT2D eigenvalue weighted by atomic mass is 9.95. The van der Waals surface area contributed by atoms with Crippen molar-refractivity contribution in [3.8, 4) is 0 Å². The fraction of sp³-hybridized carbons (Fsp3) is 0.500. The maximum absolute atomic E-state index is 12.0. The van der Waals surface area contributed by atoms with E-state index in [4.69, 9.17) is 5.73 Å². The van der Waals surface area contributed by atoms with Gasteiger partial charge in [-0.2, -0.15) is 0 Å². The minimum atomic E-state index is -0.538. The van der Waals surface area contributed by atoms with Gasteiger partial charge in [0.25, 0.3) is 0 Å². The summed E-state index contributed by atoms with van der Waals surface area (Å²) in [6.45, 7) is 7.34. The smallest absolute Gasteiger partial charge is 0.245 e. The second-order valence-corrected chi connectivity index (χ2v) is 5.31. The number of carbonyl (C=O) groups is 1. The molecule has 0 aliphatic carbocycles. The maximum Gasteiger partial charge on any atom is 0.245 e. The van der Waals surface area contributed by atoms with Crippen molar-refractivity contribution >= 4 is 11.6 Å². The molecule has 1 amide bonds. The Morgan fingerprint density at radius 1 is 1.39 bits per heavy atom. The van der Waals surface area contributed by atoms with Crippen molar-refractivity contribution in [2.75, 3.05) is 18.0 Å². The molecular formula is C14H21N3O. The first-order valence-electron chi connectivity index (χ1n) is 6.35. The number of nitrogens with one attached hydrogen (secondary N) is 1. The lowest BCUT2D eigenvalue weighted by Crippen LogP contribution is -2.62. The van der Waals surface area contributed by atoms with Gasteiger partial charge in [0.05, 0.1) is 0 Å². The second kappa shape index (κ2) is 4.61. The number of anilines is 1. The molecule has 1 aromatic rings. The summed E-state index contributed by atoms with van der Waals surface area (Å²) >= 11 is 0. The van der Waals surface area contributed by atoms with E-state index in [2.05, 4.69) is 10.2 Å². The van der Waals surface area contributed by atoms with Crippen LogP contribution >= 0.6 is 0 Å². The number of rotatable bonds is 2. The van der Waals surface area contributed by atoms with E-state index < -0.39 is 5.54 Å². The third kappa shape index (κ3) is 2.08. The van der Waals surface area contributed by atoms with Crippen LogP contribution in [0.2, 0.25) is 0 Å². The van der Waals surface area contributed by atoms with Crippen LogP contribution in [-0.2, 0) is 4.79 Å². The molecule has 18 heavy (non-hydrogen) atoms. The predicted octanol–water partition coefficient (Wildman–Crippen LogP) is 1.42. The van der Waals surface area contributed by atoms with E-state index >= 15 is 0 Å². The quantitative estimate of drug-likeness (QED) is 0.831. The Bertz CT molecular complexity index is 454. The van der Waals surface area contributed by atoms with Gasteiger partial charge in [0, 0.05) is 24.8 Å². The van der Waals surface area contributed by atoms with Crippen LogP contribution in [0.25, 0.3) is 0 Å². The zero-order valence-corrected chi connectivity index (χ0v) is 11.2. The number of nitrogens with two attached hydrogens (primary N) is 1. The molecule has 1 fully saturated rings. The van der Waals surface area contributed by atoms with E-state index in [0.717, 1.165) is 17.8 Å². The molecule has 0 saturated carbocycles. The molecule has 0 spiro atoms. The molecule has 1 atom stereocenters. The third-order valence-corrected chi connectivity index (χ3v) is 3.57. The van der Waals surface area contributed by atoms with Gasteiger partial charge in [-0.1, -0.05) is 18.2 Å². The van der Waals surface area contributed by atoms with Gasteiger partial charge in [-0.3, -0.25) is 4.79 Å². The highest BCUT2D eigenvalue weighted by atomic mass is 16.2. The summed E-state index contributed by atoms with van der Waals surface area (Å²) in [5.74, 6) is 0.0632. The van der Waals surface area contributed by atoms with E-state index in [1.165, 1.54) is 0 Å². The van der Waals surface area contributed by atoms with Crippen LogP contribution < -0.4 is 16.0 Å². The monoisotopic (exact) mass is 247 g/mol. The standard InChI is InChI=1S/C14H21N3O/c1-10(15)11-6-4-5-7-12(11)17-9-8-16-13(18)14(17,2)3/h4-7,10H,8-9,15H2,1-3H3,(H,16,18). The topological polar surface area (TPSA) is 58.4 Å². The van der Waals surface area contributed by atoms with Crippen LogP contribution in [0.4, 0.5) is 5.69 Å². The molecule has 1 saturated heterocycles. The van der Waals surface area contributed by atoms with Crippen molar-refractivity contribution in [3.05, 3.63) is 29.8 Å². The maximum atomic E-state index is 12.0. The molecular weight excluding hydrogens is 226 g/mol. The Labute approximate surface area is 108 Å². The van der Waals surface area contributed by atoms with Gasteiger partial charge >= 0.3 is 0 Å². The summed E-state index contributed by atoms with van der Waals surface area (Å²) in [4.78, 5) is 14.1. The summed E-state index contributed by atoms with van der Waals surface area (Å²) in [6, 6.07) is 8.01. The molecule has 0 bridgehead atoms. The number of para-hydroxylation sites is 1. The summed E-state index contributed by atoms with van der Waals surface area (Å²) in [7, 11) is 0. The van der Waals surface area contributed by atoms with E-state index in [9.17, 15) is 4.79 Å². The van der Waals surface area contributed by atoms with Gasteiger partial charge in [-0.25, -0.2) is 0 Å². The molecule has 3 N–H and O–H groups in total. The largest absolute Gasteiger partial charge is 0.355 e. The Morgan fingerprint density at radius 3 is 2.72 bits per heavy atom. The van der Waals surface area contributed by atoms with Crippen molar-refractivity contribution in [1.29, 1.82) is 0 Å². The Kier molecular flexibility index (Phi) is 3.30. The molecule has 4 heteroatoms. The van der Waals surface area contributed by atoms with Gasteiger partial charge in [-0.15, -0.1) is 0 Å². The zero-order valence-electron chi connectivity index (χ0n) is 11.2. The number of amides is 1. The number of hydrogen-bond donors (Lipinski definition) is 2. The summed E-state index contributed by atoms with van der Waals surface area (Å²) in [6.07, 6.45) is 0. The fourth-order valence-electron chi connectivity index (χ4n) is 2.44. The van der Waals surface area contributed by atoms with E-state index in [1.54, 1.807) is 0 Å².